The summed E-state index contributed by atoms with van der Waals surface area (Å²) in [6.45, 7) is 9.40. The minimum atomic E-state index is 0.647. The van der Waals surface area contributed by atoms with Crippen LogP contribution in [0.25, 0.3) is 0 Å². The molecule has 0 heterocycles. The zero-order chi connectivity index (χ0) is 13.4. The summed E-state index contributed by atoms with van der Waals surface area (Å²) < 4.78 is 0. The maximum atomic E-state index is 3.60. The number of rotatable bonds is 8. The molecule has 2 heteroatoms. The topological polar surface area (TPSA) is 15.3 Å². The summed E-state index contributed by atoms with van der Waals surface area (Å²) in [6, 6.07) is 1.35. The van der Waals surface area contributed by atoms with Gasteiger partial charge in [-0.05, 0) is 59.0 Å². The molecule has 1 saturated carbocycles. The summed E-state index contributed by atoms with van der Waals surface area (Å²) in [7, 11) is 2.31. The minimum Gasteiger partial charge on any atom is -0.314 e. The van der Waals surface area contributed by atoms with Crippen molar-refractivity contribution in [3.05, 3.63) is 0 Å². The highest BCUT2D eigenvalue weighted by Gasteiger charge is 2.19. The fourth-order valence-electron chi connectivity index (χ4n) is 3.12. The minimum absolute atomic E-state index is 0.647. The molecule has 2 atom stereocenters. The zero-order valence-corrected chi connectivity index (χ0v) is 13.0. The van der Waals surface area contributed by atoms with Crippen LogP contribution >= 0.6 is 0 Å². The lowest BCUT2D eigenvalue weighted by Crippen LogP contribution is -2.39. The normalized spacial score (nSPS) is 21.2. The lowest BCUT2D eigenvalue weighted by atomic mass is 9.88. The Morgan fingerprint density at radius 3 is 2.44 bits per heavy atom. The molecule has 2 nitrogen and oxygen atoms in total. The van der Waals surface area contributed by atoms with E-state index in [0.29, 0.717) is 12.1 Å². The standard InChI is InChI=1S/C16H34N2/c1-5-11-17-14(2)12-15(3)18(4)13-16-9-7-6-8-10-16/h14-17H,5-13H2,1-4H3. The summed E-state index contributed by atoms with van der Waals surface area (Å²) in [6.07, 6.45) is 9.80. The molecule has 1 N–H and O–H groups in total. The van der Waals surface area contributed by atoms with E-state index in [0.717, 1.165) is 12.5 Å². The molecule has 0 saturated heterocycles. The molecule has 1 aliphatic carbocycles. The molecule has 0 aromatic heterocycles. The van der Waals surface area contributed by atoms with Crippen LogP contribution in [0, 0.1) is 5.92 Å². The van der Waals surface area contributed by atoms with E-state index in [9.17, 15) is 0 Å². The van der Waals surface area contributed by atoms with Crippen LogP contribution in [0.3, 0.4) is 0 Å². The molecule has 1 aliphatic rings. The smallest absolute Gasteiger partial charge is 0.00787 e. The second-order valence-corrected chi connectivity index (χ2v) is 6.38. The maximum absolute atomic E-state index is 3.60. The molecule has 0 amide bonds. The van der Waals surface area contributed by atoms with Crippen molar-refractivity contribution >= 4 is 0 Å². The van der Waals surface area contributed by atoms with Crippen molar-refractivity contribution in [1.29, 1.82) is 0 Å². The molecule has 0 radical (unpaired) electrons. The maximum Gasteiger partial charge on any atom is 0.00787 e. The fourth-order valence-corrected chi connectivity index (χ4v) is 3.12. The average molecular weight is 254 g/mol. The number of hydrogen-bond acceptors (Lipinski definition) is 2. The summed E-state index contributed by atoms with van der Waals surface area (Å²) in [5, 5.41) is 3.60. The molecule has 0 aromatic rings. The largest absolute Gasteiger partial charge is 0.314 e. The van der Waals surface area contributed by atoms with E-state index in [2.05, 4.69) is 38.0 Å². The summed E-state index contributed by atoms with van der Waals surface area (Å²) in [4.78, 5) is 2.58. The van der Waals surface area contributed by atoms with E-state index in [1.54, 1.807) is 0 Å². The van der Waals surface area contributed by atoms with E-state index >= 15 is 0 Å². The Hall–Kier alpha value is -0.0800. The molecule has 18 heavy (non-hydrogen) atoms. The summed E-state index contributed by atoms with van der Waals surface area (Å²) >= 11 is 0. The number of hydrogen-bond donors (Lipinski definition) is 1. The molecule has 2 unspecified atom stereocenters. The lowest BCUT2D eigenvalue weighted by molar-refractivity contribution is 0.176. The lowest BCUT2D eigenvalue weighted by Gasteiger charge is -2.32. The first-order valence-electron chi connectivity index (χ1n) is 8.07. The molecule has 1 rings (SSSR count). The van der Waals surface area contributed by atoms with Crippen molar-refractivity contribution in [3.8, 4) is 0 Å². The van der Waals surface area contributed by atoms with Crippen LogP contribution in [0.5, 0.6) is 0 Å². The van der Waals surface area contributed by atoms with Gasteiger partial charge in [0.15, 0.2) is 0 Å². The van der Waals surface area contributed by atoms with Gasteiger partial charge < -0.3 is 10.2 Å². The van der Waals surface area contributed by atoms with E-state index in [4.69, 9.17) is 0 Å². The Balaban J connectivity index is 2.20. The molecule has 0 aliphatic heterocycles. The third-order valence-electron chi connectivity index (χ3n) is 4.46. The van der Waals surface area contributed by atoms with E-state index in [-0.39, 0.29) is 0 Å². The van der Waals surface area contributed by atoms with Crippen molar-refractivity contribution in [1.82, 2.24) is 10.2 Å². The molecular formula is C16H34N2. The van der Waals surface area contributed by atoms with Gasteiger partial charge in [-0.3, -0.25) is 0 Å². The van der Waals surface area contributed by atoms with Crippen molar-refractivity contribution in [2.24, 2.45) is 5.92 Å². The Morgan fingerprint density at radius 2 is 1.83 bits per heavy atom. The van der Waals surface area contributed by atoms with Crippen molar-refractivity contribution in [2.45, 2.75) is 77.8 Å². The first kappa shape index (κ1) is 16.0. The molecule has 0 aromatic carbocycles. The van der Waals surface area contributed by atoms with E-state index in [1.807, 2.05) is 0 Å². The zero-order valence-electron chi connectivity index (χ0n) is 13.0. The third kappa shape index (κ3) is 6.19. The first-order chi connectivity index (χ1) is 8.63. The molecule has 0 bridgehead atoms. The van der Waals surface area contributed by atoms with Gasteiger partial charge in [-0.15, -0.1) is 0 Å². The van der Waals surface area contributed by atoms with E-state index < -0.39 is 0 Å². The van der Waals surface area contributed by atoms with Gasteiger partial charge in [0, 0.05) is 18.6 Å². The highest BCUT2D eigenvalue weighted by Crippen LogP contribution is 2.24. The van der Waals surface area contributed by atoms with Crippen LogP contribution in [0.2, 0.25) is 0 Å². The Kier molecular flexibility index (Phi) is 7.92. The Labute approximate surface area is 115 Å². The summed E-state index contributed by atoms with van der Waals surface area (Å²) in [5.74, 6) is 0.963. The van der Waals surface area contributed by atoms with Gasteiger partial charge in [0.1, 0.15) is 0 Å². The second kappa shape index (κ2) is 8.92. The van der Waals surface area contributed by atoms with Crippen LogP contribution < -0.4 is 5.32 Å². The van der Waals surface area contributed by atoms with E-state index in [1.165, 1.54) is 51.5 Å². The monoisotopic (exact) mass is 254 g/mol. The van der Waals surface area contributed by atoms with Crippen molar-refractivity contribution in [2.75, 3.05) is 20.1 Å². The number of nitrogens with one attached hydrogen (secondary N) is 1. The van der Waals surface area contributed by atoms with Gasteiger partial charge in [0.2, 0.25) is 0 Å². The van der Waals surface area contributed by atoms with Crippen LogP contribution in [-0.2, 0) is 0 Å². The van der Waals surface area contributed by atoms with Gasteiger partial charge in [-0.25, -0.2) is 0 Å². The van der Waals surface area contributed by atoms with Gasteiger partial charge in [0.25, 0.3) is 0 Å². The quantitative estimate of drug-likeness (QED) is 0.711. The highest BCUT2D eigenvalue weighted by molar-refractivity contribution is 4.75. The second-order valence-electron chi connectivity index (χ2n) is 6.38. The van der Waals surface area contributed by atoms with Gasteiger partial charge in [-0.2, -0.15) is 0 Å². The third-order valence-corrected chi connectivity index (χ3v) is 4.46. The van der Waals surface area contributed by atoms with Gasteiger partial charge in [-0.1, -0.05) is 26.2 Å². The average Bonchev–Trinajstić information content (AvgIpc) is 2.37. The summed E-state index contributed by atoms with van der Waals surface area (Å²) in [5.41, 5.74) is 0. The predicted octanol–water partition coefficient (Wildman–Crippen LogP) is 3.67. The van der Waals surface area contributed by atoms with Crippen molar-refractivity contribution in [3.63, 3.8) is 0 Å². The Bertz CT molecular complexity index is 199. The van der Waals surface area contributed by atoms with Crippen LogP contribution in [0.15, 0.2) is 0 Å². The molecule has 0 spiro atoms. The predicted molar refractivity (Wildman–Crippen MR) is 81.0 cm³/mol. The number of nitrogens with zero attached hydrogens (tertiary/aromatic N) is 1. The fraction of sp³-hybridized carbons (Fsp3) is 1.00. The first-order valence-corrected chi connectivity index (χ1v) is 8.07. The van der Waals surface area contributed by atoms with Crippen LogP contribution in [-0.4, -0.2) is 37.1 Å². The van der Waals surface area contributed by atoms with Crippen molar-refractivity contribution < 1.29 is 0 Å². The molecular weight excluding hydrogens is 220 g/mol. The molecule has 108 valence electrons. The Morgan fingerprint density at radius 1 is 1.17 bits per heavy atom. The van der Waals surface area contributed by atoms with Gasteiger partial charge >= 0.3 is 0 Å². The molecule has 1 fully saturated rings. The highest BCUT2D eigenvalue weighted by atomic mass is 15.1. The SMILES string of the molecule is CCCNC(C)CC(C)N(C)CC1CCCCC1. The van der Waals surface area contributed by atoms with Crippen LogP contribution in [0.1, 0.15) is 65.7 Å². The van der Waals surface area contributed by atoms with Crippen LogP contribution in [0.4, 0.5) is 0 Å². The van der Waals surface area contributed by atoms with Gasteiger partial charge in [0.05, 0.1) is 0 Å².